The molecule has 6 rings (SSSR count). The zero-order chi connectivity index (χ0) is 36.0. The first kappa shape index (κ1) is 35.0. The number of pyridine rings is 1. The lowest BCUT2D eigenvalue weighted by molar-refractivity contribution is -0.113. The Balaban J connectivity index is 1.16. The molecule has 1 N–H and O–H groups in total. The lowest BCUT2D eigenvalue weighted by Gasteiger charge is -2.12. The molecule has 0 saturated carbocycles. The number of sulfone groups is 1. The average Bonchev–Trinajstić information content (AvgIpc) is 3.54. The van der Waals surface area contributed by atoms with E-state index in [0.29, 0.717) is 34.5 Å². The number of hydrogen-bond donors (Lipinski definition) is 1. The number of ketones is 1. The van der Waals surface area contributed by atoms with Gasteiger partial charge in [-0.3, -0.25) is 14.2 Å². The fourth-order valence-corrected chi connectivity index (χ4v) is 6.68. The van der Waals surface area contributed by atoms with Crippen LogP contribution in [-0.2, 0) is 21.2 Å². The second-order valence-electron chi connectivity index (χ2n) is 11.5. The zero-order valence-electron chi connectivity index (χ0n) is 27.8. The number of amides is 1. The lowest BCUT2D eigenvalue weighted by Crippen LogP contribution is -2.14. The van der Waals surface area contributed by atoms with Crippen LogP contribution in [0.4, 0.5) is 5.69 Å². The van der Waals surface area contributed by atoms with Gasteiger partial charge in [0.15, 0.2) is 26.6 Å². The van der Waals surface area contributed by atoms with Gasteiger partial charge in [0.1, 0.15) is 5.75 Å². The molecule has 6 aromatic rings. The summed E-state index contributed by atoms with van der Waals surface area (Å²) in [5.74, 6) is 0.976. The molecule has 0 spiro atoms. The number of fused-ring (bicyclic) bond motifs is 1. The Bertz CT molecular complexity index is 2370. The van der Waals surface area contributed by atoms with Crippen LogP contribution in [0.3, 0.4) is 0 Å². The maximum atomic E-state index is 13.0. The van der Waals surface area contributed by atoms with Crippen molar-refractivity contribution in [1.82, 2.24) is 19.7 Å². The maximum absolute atomic E-state index is 13.0. The summed E-state index contributed by atoms with van der Waals surface area (Å²) in [5.41, 5.74) is 4.84. The van der Waals surface area contributed by atoms with Gasteiger partial charge in [-0.25, -0.2) is 13.4 Å². The van der Waals surface area contributed by atoms with E-state index >= 15 is 0 Å². The average molecular weight is 716 g/mol. The second kappa shape index (κ2) is 15.4. The molecule has 0 bridgehead atoms. The van der Waals surface area contributed by atoms with E-state index in [1.54, 1.807) is 67.8 Å². The quantitative estimate of drug-likeness (QED) is 0.0563. The van der Waals surface area contributed by atoms with Gasteiger partial charge in [-0.2, -0.15) is 0 Å². The van der Waals surface area contributed by atoms with Crippen molar-refractivity contribution < 1.29 is 22.7 Å². The van der Waals surface area contributed by atoms with Crippen molar-refractivity contribution in [2.24, 2.45) is 0 Å². The molecule has 0 saturated heterocycles. The third-order valence-electron chi connectivity index (χ3n) is 7.89. The zero-order valence-corrected chi connectivity index (χ0v) is 29.4. The van der Waals surface area contributed by atoms with Crippen LogP contribution in [0, 0.1) is 0 Å². The molecule has 256 valence electrons. The number of allylic oxidation sites excluding steroid dienone is 2. The van der Waals surface area contributed by atoms with Gasteiger partial charge in [0.2, 0.25) is 5.91 Å². The molecule has 4 aromatic carbocycles. The third kappa shape index (κ3) is 8.31. The van der Waals surface area contributed by atoms with Crippen LogP contribution < -0.4 is 10.1 Å². The second-order valence-corrected chi connectivity index (χ2v) is 14.4. The van der Waals surface area contributed by atoms with Gasteiger partial charge in [-0.15, -0.1) is 16.8 Å². The number of nitrogens with one attached hydrogen (secondary N) is 1. The molecule has 0 aliphatic rings. The van der Waals surface area contributed by atoms with Gasteiger partial charge in [0.05, 0.1) is 29.0 Å². The van der Waals surface area contributed by atoms with Crippen LogP contribution in [0.1, 0.15) is 15.9 Å². The number of aromatic nitrogens is 4. The van der Waals surface area contributed by atoms with Crippen LogP contribution in [0.15, 0.2) is 132 Å². The van der Waals surface area contributed by atoms with Crippen molar-refractivity contribution in [3.05, 3.63) is 133 Å². The van der Waals surface area contributed by atoms with Crippen LogP contribution in [0.25, 0.3) is 39.6 Å². The van der Waals surface area contributed by atoms with Crippen molar-refractivity contribution in [1.29, 1.82) is 0 Å². The predicted octanol–water partition coefficient (Wildman–Crippen LogP) is 7.39. The van der Waals surface area contributed by atoms with Crippen molar-refractivity contribution >= 4 is 56.0 Å². The summed E-state index contributed by atoms with van der Waals surface area (Å²) in [4.78, 5) is 30.7. The van der Waals surface area contributed by atoms with E-state index in [4.69, 9.17) is 9.72 Å². The highest BCUT2D eigenvalue weighted by Crippen LogP contribution is 2.33. The van der Waals surface area contributed by atoms with Crippen LogP contribution in [0.5, 0.6) is 5.75 Å². The fraction of sp³-hybridized carbons (Fsp3) is 0.103. The summed E-state index contributed by atoms with van der Waals surface area (Å²) < 4.78 is 31.1. The number of benzene rings is 4. The highest BCUT2D eigenvalue weighted by atomic mass is 32.2. The molecule has 0 aliphatic carbocycles. The van der Waals surface area contributed by atoms with Gasteiger partial charge in [0, 0.05) is 40.6 Å². The van der Waals surface area contributed by atoms with Gasteiger partial charge >= 0.3 is 0 Å². The number of hydrogen-bond acceptors (Lipinski definition) is 9. The number of carbonyl (C=O) groups excluding carboxylic acids is 2. The van der Waals surface area contributed by atoms with E-state index in [2.05, 4.69) is 22.1 Å². The number of anilines is 1. The number of methoxy groups -OCH3 is 1. The summed E-state index contributed by atoms with van der Waals surface area (Å²) in [6, 6.07) is 30.3. The predicted molar refractivity (Wildman–Crippen MR) is 202 cm³/mol. The molecule has 10 nitrogen and oxygen atoms in total. The van der Waals surface area contributed by atoms with Crippen molar-refractivity contribution in [2.45, 2.75) is 16.6 Å². The largest absolute Gasteiger partial charge is 0.497 e. The van der Waals surface area contributed by atoms with Gasteiger partial charge < -0.3 is 10.1 Å². The van der Waals surface area contributed by atoms with Crippen LogP contribution in [-0.4, -0.2) is 59.0 Å². The van der Waals surface area contributed by atoms with Gasteiger partial charge in [-0.1, -0.05) is 66.4 Å². The SMILES string of the molecule is C=CCn1c(SCC(=O)Nc2ccc(C(=O)/C=C/c3ccc(OC)cc3)cc2)nnc1-c1cc(-c2ccc(S(C)(=O)=O)cc2)nc2ccccc12. The van der Waals surface area contributed by atoms with E-state index in [-0.39, 0.29) is 22.3 Å². The monoisotopic (exact) mass is 715 g/mol. The first-order valence-corrected chi connectivity index (χ1v) is 18.6. The minimum atomic E-state index is -3.34. The Morgan fingerprint density at radius 1 is 0.941 bits per heavy atom. The number of para-hydroxylation sites is 1. The number of nitrogens with zero attached hydrogens (tertiary/aromatic N) is 4. The lowest BCUT2D eigenvalue weighted by atomic mass is 10.0. The highest BCUT2D eigenvalue weighted by Gasteiger charge is 2.19. The standard InChI is InChI=1S/C39H33N5O5S2/c1-4-23-44-38(33-24-35(41-34-8-6-5-7-32(33)34)27-14-20-31(21-15-27)51(3,47)48)42-43-39(44)50-25-37(46)40-29-16-12-28(13-17-29)36(45)22-11-26-9-18-30(49-2)19-10-26/h4-22,24H,1,23,25H2,2-3H3,(H,40,46)/b22-11+. The number of ether oxygens (including phenoxy) is 1. The Morgan fingerprint density at radius 3 is 2.35 bits per heavy atom. The Morgan fingerprint density at radius 2 is 1.67 bits per heavy atom. The molecule has 0 aliphatic heterocycles. The first-order valence-electron chi connectivity index (χ1n) is 15.8. The normalized spacial score (nSPS) is 11.5. The topological polar surface area (TPSA) is 133 Å². The summed E-state index contributed by atoms with van der Waals surface area (Å²) >= 11 is 1.24. The van der Waals surface area contributed by atoms with E-state index in [9.17, 15) is 18.0 Å². The molecular weight excluding hydrogens is 683 g/mol. The van der Waals surface area contributed by atoms with E-state index < -0.39 is 9.84 Å². The molecule has 2 heterocycles. The molecular formula is C39H33N5O5S2. The van der Waals surface area contributed by atoms with Crippen LogP contribution >= 0.6 is 11.8 Å². The molecule has 51 heavy (non-hydrogen) atoms. The number of carbonyl (C=O) groups is 2. The Hall–Kier alpha value is -5.85. The third-order valence-corrected chi connectivity index (χ3v) is 9.99. The van der Waals surface area contributed by atoms with Gasteiger partial charge in [0.25, 0.3) is 0 Å². The summed E-state index contributed by atoms with van der Waals surface area (Å²) in [7, 11) is -1.74. The minimum absolute atomic E-state index is 0.0651. The van der Waals surface area contributed by atoms with Crippen molar-refractivity contribution in [2.75, 3.05) is 24.4 Å². The molecule has 0 atom stereocenters. The van der Waals surface area contributed by atoms with Gasteiger partial charge in [-0.05, 0) is 72.3 Å². The summed E-state index contributed by atoms with van der Waals surface area (Å²) in [6.07, 6.45) is 6.15. The molecule has 0 radical (unpaired) electrons. The highest BCUT2D eigenvalue weighted by molar-refractivity contribution is 7.99. The smallest absolute Gasteiger partial charge is 0.234 e. The molecule has 0 fully saturated rings. The van der Waals surface area contributed by atoms with Crippen molar-refractivity contribution in [3.8, 4) is 28.4 Å². The van der Waals surface area contributed by atoms with E-state index in [0.717, 1.165) is 33.3 Å². The van der Waals surface area contributed by atoms with E-state index in [1.807, 2.05) is 59.2 Å². The summed E-state index contributed by atoms with van der Waals surface area (Å²) in [5, 5.41) is 13.2. The minimum Gasteiger partial charge on any atom is -0.497 e. The molecule has 12 heteroatoms. The number of rotatable bonds is 13. The van der Waals surface area contributed by atoms with Crippen LogP contribution in [0.2, 0.25) is 0 Å². The molecule has 0 unspecified atom stereocenters. The Labute approximate surface area is 299 Å². The van der Waals surface area contributed by atoms with E-state index in [1.165, 1.54) is 24.1 Å². The maximum Gasteiger partial charge on any atom is 0.234 e. The first-order chi connectivity index (χ1) is 24.6. The van der Waals surface area contributed by atoms with Crippen molar-refractivity contribution in [3.63, 3.8) is 0 Å². The summed E-state index contributed by atoms with van der Waals surface area (Å²) in [6.45, 7) is 4.30. The number of thioether (sulfide) groups is 1. The molecule has 1 amide bonds. The molecule has 2 aromatic heterocycles. The fourth-order valence-electron chi connectivity index (χ4n) is 5.30. The Kier molecular flexibility index (Phi) is 10.5.